The van der Waals surface area contributed by atoms with Gasteiger partial charge in [0.05, 0.1) is 5.75 Å². The Labute approximate surface area is 160 Å². The van der Waals surface area contributed by atoms with Gasteiger partial charge in [0, 0.05) is 12.2 Å². The third-order valence-corrected chi connectivity index (χ3v) is 6.08. The van der Waals surface area contributed by atoms with Crippen molar-refractivity contribution in [2.75, 3.05) is 17.2 Å². The first kappa shape index (κ1) is 20.0. The Hall–Kier alpha value is -1.70. The topological polar surface area (TPSA) is 52.9 Å². The van der Waals surface area contributed by atoms with Crippen molar-refractivity contribution in [3.8, 4) is 0 Å². The quantitative estimate of drug-likeness (QED) is 0.807. The SMILES string of the molecule is Cc1ccc(N2C(SCC(=O)O)=NCCCC2C(F)(F)F)c2c1CCCC2. The number of aliphatic carboxylic acids is 1. The molecule has 1 atom stereocenters. The summed E-state index contributed by atoms with van der Waals surface area (Å²) in [6, 6.07) is 1.94. The molecule has 2 aliphatic rings. The van der Waals surface area contributed by atoms with Crippen molar-refractivity contribution in [1.82, 2.24) is 0 Å². The molecular formula is C19H23F3N2O2S. The van der Waals surface area contributed by atoms with Crippen molar-refractivity contribution < 1.29 is 23.1 Å². The van der Waals surface area contributed by atoms with Gasteiger partial charge in [0.1, 0.15) is 6.04 Å². The second-order valence-electron chi connectivity index (χ2n) is 6.98. The number of alkyl halides is 3. The van der Waals surface area contributed by atoms with Crippen molar-refractivity contribution in [1.29, 1.82) is 0 Å². The van der Waals surface area contributed by atoms with Crippen molar-refractivity contribution >= 4 is 28.6 Å². The average molecular weight is 400 g/mol. The zero-order chi connectivity index (χ0) is 19.6. The maximum atomic E-state index is 13.9. The Bertz CT molecular complexity index is 749. The number of anilines is 1. The number of hydrogen-bond acceptors (Lipinski definition) is 4. The monoisotopic (exact) mass is 400 g/mol. The van der Waals surface area contributed by atoms with E-state index in [1.807, 2.05) is 13.0 Å². The largest absolute Gasteiger partial charge is 0.481 e. The molecule has 0 amide bonds. The Morgan fingerprint density at radius 2 is 1.96 bits per heavy atom. The van der Waals surface area contributed by atoms with Crippen LogP contribution in [0.4, 0.5) is 18.9 Å². The Morgan fingerprint density at radius 3 is 2.63 bits per heavy atom. The number of amidine groups is 1. The predicted molar refractivity (Wildman–Crippen MR) is 102 cm³/mol. The number of carboxylic acid groups (broad SMARTS) is 1. The molecule has 1 aromatic carbocycles. The predicted octanol–water partition coefficient (Wildman–Crippen LogP) is 4.58. The van der Waals surface area contributed by atoms with Crippen LogP contribution >= 0.6 is 11.8 Å². The summed E-state index contributed by atoms with van der Waals surface area (Å²) in [5.41, 5.74) is 3.73. The summed E-state index contributed by atoms with van der Waals surface area (Å²) in [6.45, 7) is 2.27. The van der Waals surface area contributed by atoms with Crippen molar-refractivity contribution in [3.63, 3.8) is 0 Å². The Morgan fingerprint density at radius 1 is 1.26 bits per heavy atom. The minimum atomic E-state index is -4.42. The van der Waals surface area contributed by atoms with E-state index in [4.69, 9.17) is 5.11 Å². The van der Waals surface area contributed by atoms with Crippen LogP contribution in [0.25, 0.3) is 0 Å². The van der Waals surface area contributed by atoms with Crippen LogP contribution in [-0.2, 0) is 17.6 Å². The summed E-state index contributed by atoms with van der Waals surface area (Å²) >= 11 is 0.873. The van der Waals surface area contributed by atoms with E-state index in [1.165, 1.54) is 4.90 Å². The van der Waals surface area contributed by atoms with Gasteiger partial charge in [-0.3, -0.25) is 9.79 Å². The van der Waals surface area contributed by atoms with E-state index >= 15 is 0 Å². The van der Waals surface area contributed by atoms with Gasteiger partial charge in [-0.15, -0.1) is 0 Å². The molecule has 0 bridgehead atoms. The van der Waals surface area contributed by atoms with Gasteiger partial charge in [-0.2, -0.15) is 13.2 Å². The number of fused-ring (bicyclic) bond motifs is 1. The summed E-state index contributed by atoms with van der Waals surface area (Å²) in [7, 11) is 0. The number of benzene rings is 1. The lowest BCUT2D eigenvalue weighted by Gasteiger charge is -2.36. The van der Waals surface area contributed by atoms with Crippen molar-refractivity contribution in [3.05, 3.63) is 28.8 Å². The van der Waals surface area contributed by atoms with Crippen LogP contribution < -0.4 is 4.90 Å². The molecule has 1 unspecified atom stereocenters. The minimum Gasteiger partial charge on any atom is -0.481 e. The van der Waals surface area contributed by atoms with Gasteiger partial charge in [-0.1, -0.05) is 17.8 Å². The molecule has 1 aromatic rings. The maximum absolute atomic E-state index is 13.9. The third kappa shape index (κ3) is 4.42. The van der Waals surface area contributed by atoms with E-state index in [2.05, 4.69) is 4.99 Å². The van der Waals surface area contributed by atoms with Gasteiger partial charge in [-0.05, 0) is 68.2 Å². The number of rotatable bonds is 3. The molecule has 8 heteroatoms. The molecule has 0 fully saturated rings. The molecule has 0 spiro atoms. The van der Waals surface area contributed by atoms with Crippen LogP contribution in [0.15, 0.2) is 17.1 Å². The highest BCUT2D eigenvalue weighted by Gasteiger charge is 2.46. The molecule has 0 aromatic heterocycles. The van der Waals surface area contributed by atoms with Crippen LogP contribution in [0.2, 0.25) is 0 Å². The zero-order valence-electron chi connectivity index (χ0n) is 15.2. The molecule has 0 saturated carbocycles. The molecule has 1 heterocycles. The molecule has 4 nitrogen and oxygen atoms in total. The van der Waals surface area contributed by atoms with E-state index in [-0.39, 0.29) is 23.9 Å². The summed E-state index contributed by atoms with van der Waals surface area (Å²) in [4.78, 5) is 16.6. The highest BCUT2D eigenvalue weighted by molar-refractivity contribution is 8.14. The number of carbonyl (C=O) groups is 1. The van der Waals surface area contributed by atoms with Crippen LogP contribution in [-0.4, -0.2) is 40.8 Å². The number of halogens is 3. The zero-order valence-corrected chi connectivity index (χ0v) is 16.0. The van der Waals surface area contributed by atoms with Crippen LogP contribution in [0.5, 0.6) is 0 Å². The number of nitrogens with zero attached hydrogens (tertiary/aromatic N) is 2. The van der Waals surface area contributed by atoms with Gasteiger partial charge >= 0.3 is 12.1 Å². The number of aliphatic imine (C=N–C) groups is 1. The van der Waals surface area contributed by atoms with E-state index < -0.39 is 18.2 Å². The summed E-state index contributed by atoms with van der Waals surface area (Å²) in [5, 5.41) is 9.17. The standard InChI is InChI=1S/C19H23F3N2O2S/c1-12-8-9-15(14-6-3-2-5-13(12)14)24-16(19(20,21)22)7-4-10-23-18(24)27-11-17(25)26/h8-9,16H,2-7,10-11H2,1H3,(H,25,26). The number of hydrogen-bond donors (Lipinski definition) is 1. The van der Waals surface area contributed by atoms with Gasteiger partial charge in [0.25, 0.3) is 0 Å². The highest BCUT2D eigenvalue weighted by atomic mass is 32.2. The molecular weight excluding hydrogens is 377 g/mol. The number of carboxylic acids is 1. The van der Waals surface area contributed by atoms with Gasteiger partial charge in [0.15, 0.2) is 5.17 Å². The van der Waals surface area contributed by atoms with Crippen molar-refractivity contribution in [2.45, 2.75) is 57.7 Å². The average Bonchev–Trinajstić information content (AvgIpc) is 2.83. The fourth-order valence-corrected chi connectivity index (χ4v) is 4.67. The third-order valence-electron chi connectivity index (χ3n) is 5.11. The summed E-state index contributed by atoms with van der Waals surface area (Å²) in [6.07, 6.45) is -0.546. The lowest BCUT2D eigenvalue weighted by Crippen LogP contribution is -2.48. The van der Waals surface area contributed by atoms with E-state index in [9.17, 15) is 18.0 Å². The Balaban J connectivity index is 2.11. The molecule has 1 aliphatic heterocycles. The number of aryl methyl sites for hydroxylation is 1. The summed E-state index contributed by atoms with van der Waals surface area (Å²) < 4.78 is 41.8. The van der Waals surface area contributed by atoms with Gasteiger partial charge in [0.2, 0.25) is 0 Å². The lowest BCUT2D eigenvalue weighted by atomic mass is 9.87. The molecule has 27 heavy (non-hydrogen) atoms. The molecule has 0 radical (unpaired) electrons. The van der Waals surface area contributed by atoms with E-state index in [0.717, 1.165) is 54.1 Å². The fraction of sp³-hybridized carbons (Fsp3) is 0.579. The highest BCUT2D eigenvalue weighted by Crippen LogP contribution is 2.40. The normalized spacial score (nSPS) is 20.7. The Kier molecular flexibility index (Phi) is 6.03. The van der Waals surface area contributed by atoms with Crippen molar-refractivity contribution in [2.24, 2.45) is 4.99 Å². The second-order valence-corrected chi connectivity index (χ2v) is 7.92. The van der Waals surface area contributed by atoms with E-state index in [1.54, 1.807) is 6.07 Å². The van der Waals surface area contributed by atoms with Gasteiger partial charge in [-0.25, -0.2) is 0 Å². The minimum absolute atomic E-state index is 0.0488. The molecule has 0 saturated heterocycles. The maximum Gasteiger partial charge on any atom is 0.409 e. The number of thioether (sulfide) groups is 1. The molecule has 1 N–H and O–H groups in total. The molecule has 3 rings (SSSR count). The van der Waals surface area contributed by atoms with Crippen LogP contribution in [0.3, 0.4) is 0 Å². The first-order valence-corrected chi connectivity index (χ1v) is 10.1. The molecule has 1 aliphatic carbocycles. The first-order valence-electron chi connectivity index (χ1n) is 9.15. The van der Waals surface area contributed by atoms with Crippen LogP contribution in [0, 0.1) is 6.92 Å². The first-order chi connectivity index (χ1) is 12.8. The lowest BCUT2D eigenvalue weighted by molar-refractivity contribution is -0.147. The smallest absolute Gasteiger partial charge is 0.409 e. The van der Waals surface area contributed by atoms with E-state index in [0.29, 0.717) is 12.1 Å². The summed E-state index contributed by atoms with van der Waals surface area (Å²) in [5.74, 6) is -1.38. The fourth-order valence-electron chi connectivity index (χ4n) is 3.87. The second kappa shape index (κ2) is 8.12. The van der Waals surface area contributed by atoms with Crippen LogP contribution in [0.1, 0.15) is 42.4 Å². The molecule has 148 valence electrons. The van der Waals surface area contributed by atoms with Gasteiger partial charge < -0.3 is 10.0 Å².